The monoisotopic (exact) mass is 256 g/mol. The van der Waals surface area contributed by atoms with Gasteiger partial charge in [-0.2, -0.15) is 0 Å². The molecule has 0 radical (unpaired) electrons. The number of hydrogen-bond acceptors (Lipinski definition) is 1. The molecule has 0 aliphatic heterocycles. The van der Waals surface area contributed by atoms with E-state index in [4.69, 9.17) is 0 Å². The van der Waals surface area contributed by atoms with E-state index in [1.165, 1.54) is 12.8 Å². The molecule has 1 aliphatic rings. The van der Waals surface area contributed by atoms with Crippen LogP contribution in [0.15, 0.2) is 21.6 Å². The molecule has 0 saturated carbocycles. The van der Waals surface area contributed by atoms with Crippen LogP contribution >= 0.6 is 24.8 Å². The number of nitrogens with zero attached hydrogens (tertiary/aromatic N) is 1. The van der Waals surface area contributed by atoms with E-state index in [0.717, 1.165) is 6.54 Å². The Balaban J connectivity index is 0. The van der Waals surface area contributed by atoms with Crippen LogP contribution in [0.3, 0.4) is 0 Å². The van der Waals surface area contributed by atoms with Crippen molar-refractivity contribution in [2.24, 2.45) is 0 Å². The number of allylic oxidation sites excluding steroid dienone is 3. The Morgan fingerprint density at radius 1 is 1.38 bits per heavy atom. The van der Waals surface area contributed by atoms with Crippen molar-refractivity contribution in [3.8, 4) is 0 Å². The van der Waals surface area contributed by atoms with Crippen molar-refractivity contribution in [2.45, 2.75) is 12.8 Å². The Morgan fingerprint density at radius 2 is 2.00 bits per heavy atom. The summed E-state index contributed by atoms with van der Waals surface area (Å²) in [7, 11) is 4.24. The molecule has 4 heteroatoms. The van der Waals surface area contributed by atoms with Crippen LogP contribution in [0.4, 0.5) is 0 Å². The van der Waals surface area contributed by atoms with Gasteiger partial charge in [-0.1, -0.05) is 0 Å². The van der Waals surface area contributed by atoms with Crippen LogP contribution in [0.5, 0.6) is 0 Å². The average Bonchev–Trinajstić information content (AvgIpc) is 2.31. The van der Waals surface area contributed by atoms with Gasteiger partial charge in [0, 0.05) is 0 Å². The third kappa shape index (κ3) is 5.93. The van der Waals surface area contributed by atoms with Gasteiger partial charge in [0.15, 0.2) is 0 Å². The summed E-state index contributed by atoms with van der Waals surface area (Å²) in [5.41, 5.74) is 1.54. The molecule has 1 rings (SSSR count). The van der Waals surface area contributed by atoms with Gasteiger partial charge in [0.05, 0.1) is 0 Å². The van der Waals surface area contributed by atoms with Crippen molar-refractivity contribution in [3.05, 3.63) is 21.6 Å². The van der Waals surface area contributed by atoms with Crippen molar-refractivity contribution >= 4 is 24.8 Å². The number of halogens is 2. The molecule has 0 fully saturated rings. The maximum atomic E-state index is 2.26. The summed E-state index contributed by atoms with van der Waals surface area (Å²) in [5, 5.41) is 0. The first-order chi connectivity index (χ1) is 5.20. The van der Waals surface area contributed by atoms with E-state index in [2.05, 4.69) is 51.6 Å². The van der Waals surface area contributed by atoms with Crippen molar-refractivity contribution in [1.82, 2.24) is 4.90 Å². The van der Waals surface area contributed by atoms with E-state index < -0.39 is 0 Å². The fraction of sp³-hybridized carbons (Fsp3) is 0.556. The zero-order chi connectivity index (χ0) is 8.27. The Kier molecular flexibility index (Phi) is 10.0. The van der Waals surface area contributed by atoms with Gasteiger partial charge in [-0.05, 0) is 0 Å². The molecule has 75 valence electrons. The maximum absolute atomic E-state index is 2.26. The molecule has 0 N–H and O–H groups in total. The molecule has 0 aromatic heterocycles. The third-order valence-corrected chi connectivity index (χ3v) is 2.68. The van der Waals surface area contributed by atoms with Gasteiger partial charge in [0.1, 0.15) is 0 Å². The molecule has 0 aromatic rings. The first kappa shape index (κ1) is 16.2. The van der Waals surface area contributed by atoms with Crippen molar-refractivity contribution in [2.75, 3.05) is 20.6 Å². The van der Waals surface area contributed by atoms with Crippen LogP contribution < -0.4 is 0 Å². The van der Waals surface area contributed by atoms with E-state index in [1.54, 1.807) is 9.45 Å². The molecule has 1 aliphatic carbocycles. The van der Waals surface area contributed by atoms with Crippen molar-refractivity contribution in [3.63, 3.8) is 0 Å². The minimum absolute atomic E-state index is 0. The SMILES string of the molecule is CN(C)CCC1=[C]([Ti])CC=C1.Cl.Cl. The summed E-state index contributed by atoms with van der Waals surface area (Å²) in [6, 6.07) is 0. The number of hydrogen-bond donors (Lipinski definition) is 0. The van der Waals surface area contributed by atoms with Crippen molar-refractivity contribution < 1.29 is 20.4 Å². The Hall–Kier alpha value is 0.734. The first-order valence-electron chi connectivity index (χ1n) is 3.95. The summed E-state index contributed by atoms with van der Waals surface area (Å²) < 4.78 is 1.55. The quantitative estimate of drug-likeness (QED) is 0.702. The zero-order valence-corrected chi connectivity index (χ0v) is 11.2. The molecule has 0 saturated heterocycles. The smallest absolute Gasteiger partial charge is 0.147 e. The van der Waals surface area contributed by atoms with Crippen LogP contribution in [-0.2, 0) is 20.4 Å². The second kappa shape index (κ2) is 8.08. The molecule has 1 nitrogen and oxygen atoms in total. The molecule has 0 spiro atoms. The summed E-state index contributed by atoms with van der Waals surface area (Å²) in [6.45, 7) is 1.16. The van der Waals surface area contributed by atoms with E-state index in [1.807, 2.05) is 0 Å². The van der Waals surface area contributed by atoms with Gasteiger partial charge in [-0.25, -0.2) is 0 Å². The van der Waals surface area contributed by atoms with E-state index in [0.29, 0.717) is 0 Å². The topological polar surface area (TPSA) is 3.24 Å². The van der Waals surface area contributed by atoms with Gasteiger partial charge in [-0.15, -0.1) is 24.8 Å². The van der Waals surface area contributed by atoms with Gasteiger partial charge in [-0.3, -0.25) is 0 Å². The molecule has 0 atom stereocenters. The molecule has 0 amide bonds. The van der Waals surface area contributed by atoms with Crippen LogP contribution in [-0.4, -0.2) is 25.5 Å². The molecular formula is C9H16Cl2NTi. The molecule has 0 bridgehead atoms. The fourth-order valence-electron chi connectivity index (χ4n) is 1.13. The molecule has 0 heterocycles. The second-order valence-electron chi connectivity index (χ2n) is 3.16. The van der Waals surface area contributed by atoms with Crippen molar-refractivity contribution in [1.29, 1.82) is 0 Å². The van der Waals surface area contributed by atoms with Crippen LogP contribution in [0.1, 0.15) is 12.8 Å². The Labute approximate surface area is 105 Å². The predicted octanol–water partition coefficient (Wildman–Crippen LogP) is 2.54. The van der Waals surface area contributed by atoms with E-state index >= 15 is 0 Å². The second-order valence-corrected chi connectivity index (χ2v) is 4.11. The third-order valence-electron chi connectivity index (χ3n) is 1.86. The van der Waals surface area contributed by atoms with E-state index in [9.17, 15) is 0 Å². The molecular weight excluding hydrogens is 241 g/mol. The van der Waals surface area contributed by atoms with Crippen LogP contribution in [0, 0.1) is 0 Å². The minimum Gasteiger partial charge on any atom is -0.147 e. The molecule has 0 unspecified atom stereocenters. The van der Waals surface area contributed by atoms with Gasteiger partial charge >= 0.3 is 80.4 Å². The first-order valence-corrected chi connectivity index (χ1v) is 4.73. The predicted molar refractivity (Wildman–Crippen MR) is 58.5 cm³/mol. The van der Waals surface area contributed by atoms with Gasteiger partial charge < -0.3 is 0 Å². The van der Waals surface area contributed by atoms with Crippen LogP contribution in [0.25, 0.3) is 0 Å². The van der Waals surface area contributed by atoms with Gasteiger partial charge in [0.25, 0.3) is 0 Å². The maximum Gasteiger partial charge on any atom is -0.147 e. The molecule has 0 aromatic carbocycles. The summed E-state index contributed by atoms with van der Waals surface area (Å²) in [6.07, 6.45) is 6.89. The standard InChI is InChI=1S/C9H14N.2ClH.Ti/c1-10(2)8-7-9-5-3-4-6-9;;;/h3,5H,4,7-8H2,1-2H3;2*1H;. The van der Waals surface area contributed by atoms with E-state index in [-0.39, 0.29) is 24.8 Å². The summed E-state index contributed by atoms with van der Waals surface area (Å²) >= 11 is 2.23. The summed E-state index contributed by atoms with van der Waals surface area (Å²) in [5.74, 6) is 0. The van der Waals surface area contributed by atoms with Crippen LogP contribution in [0.2, 0.25) is 0 Å². The average molecular weight is 257 g/mol. The number of rotatable bonds is 3. The largest absolute Gasteiger partial charge is 0.147 e. The minimum atomic E-state index is 0. The Bertz CT molecular complexity index is 200. The Morgan fingerprint density at radius 3 is 2.38 bits per heavy atom. The molecule has 13 heavy (non-hydrogen) atoms. The fourth-order valence-corrected chi connectivity index (χ4v) is 1.64. The normalized spacial score (nSPS) is 14.3. The van der Waals surface area contributed by atoms with Gasteiger partial charge in [0.2, 0.25) is 0 Å². The zero-order valence-electron chi connectivity index (χ0n) is 8.04. The summed E-state index contributed by atoms with van der Waals surface area (Å²) in [4.78, 5) is 2.23.